The zero-order valence-corrected chi connectivity index (χ0v) is 9.19. The van der Waals surface area contributed by atoms with Gasteiger partial charge in [0, 0.05) is 26.1 Å². The van der Waals surface area contributed by atoms with Crippen molar-refractivity contribution in [3.8, 4) is 0 Å². The Morgan fingerprint density at radius 1 is 1.64 bits per heavy atom. The van der Waals surface area contributed by atoms with Crippen LogP contribution in [-0.4, -0.2) is 43.7 Å². The van der Waals surface area contributed by atoms with Crippen LogP contribution >= 0.6 is 0 Å². The van der Waals surface area contributed by atoms with Crippen LogP contribution in [0.1, 0.15) is 13.8 Å². The number of methoxy groups -OCH3 is 1. The Labute approximate surface area is 85.4 Å². The fourth-order valence-corrected chi connectivity index (χ4v) is 1.93. The number of nitrogens with zero attached hydrogens (tertiary/aromatic N) is 1. The van der Waals surface area contributed by atoms with E-state index in [4.69, 9.17) is 10.5 Å². The summed E-state index contributed by atoms with van der Waals surface area (Å²) < 4.78 is 5.12. The molecule has 0 radical (unpaired) electrons. The molecular formula is C10H20N2O2. The van der Waals surface area contributed by atoms with Crippen molar-refractivity contribution in [2.75, 3.05) is 26.8 Å². The van der Waals surface area contributed by atoms with Gasteiger partial charge in [-0.2, -0.15) is 0 Å². The van der Waals surface area contributed by atoms with Crippen LogP contribution in [0.5, 0.6) is 0 Å². The van der Waals surface area contributed by atoms with Crippen LogP contribution in [-0.2, 0) is 9.53 Å². The molecular weight excluding hydrogens is 180 g/mol. The van der Waals surface area contributed by atoms with Gasteiger partial charge in [0.2, 0.25) is 5.91 Å². The summed E-state index contributed by atoms with van der Waals surface area (Å²) in [6.07, 6.45) is 0. The van der Waals surface area contributed by atoms with E-state index in [0.717, 1.165) is 19.7 Å². The Balaban J connectivity index is 2.49. The molecule has 0 aliphatic carbocycles. The molecule has 14 heavy (non-hydrogen) atoms. The third kappa shape index (κ3) is 2.45. The molecule has 1 saturated heterocycles. The van der Waals surface area contributed by atoms with Crippen molar-refractivity contribution in [1.82, 2.24) is 4.90 Å². The summed E-state index contributed by atoms with van der Waals surface area (Å²) in [5.74, 6) is 1.02. The average Bonchev–Trinajstić information content (AvgIpc) is 2.47. The minimum atomic E-state index is -0.386. The quantitative estimate of drug-likeness (QED) is 0.701. The third-order valence-corrected chi connectivity index (χ3v) is 2.85. The van der Waals surface area contributed by atoms with E-state index in [1.54, 1.807) is 14.0 Å². The number of hydrogen-bond donors (Lipinski definition) is 1. The van der Waals surface area contributed by atoms with Gasteiger partial charge in [-0.15, -0.1) is 0 Å². The summed E-state index contributed by atoms with van der Waals surface area (Å²) >= 11 is 0. The molecule has 4 heteroatoms. The zero-order chi connectivity index (χ0) is 10.7. The van der Waals surface area contributed by atoms with Gasteiger partial charge in [-0.1, -0.05) is 6.92 Å². The maximum atomic E-state index is 11.6. The summed E-state index contributed by atoms with van der Waals surface area (Å²) in [6, 6.07) is -0.386. The van der Waals surface area contributed by atoms with E-state index in [2.05, 4.69) is 6.92 Å². The van der Waals surface area contributed by atoms with Gasteiger partial charge in [-0.3, -0.25) is 4.79 Å². The van der Waals surface area contributed by atoms with Gasteiger partial charge < -0.3 is 15.4 Å². The summed E-state index contributed by atoms with van der Waals surface area (Å²) in [5, 5.41) is 0. The largest absolute Gasteiger partial charge is 0.384 e. The molecule has 1 amide bonds. The first-order valence-corrected chi connectivity index (χ1v) is 5.09. The van der Waals surface area contributed by atoms with Crippen molar-refractivity contribution in [1.29, 1.82) is 0 Å². The highest BCUT2D eigenvalue weighted by molar-refractivity contribution is 5.81. The van der Waals surface area contributed by atoms with Crippen molar-refractivity contribution in [2.24, 2.45) is 17.6 Å². The number of amides is 1. The van der Waals surface area contributed by atoms with Crippen molar-refractivity contribution >= 4 is 5.91 Å². The van der Waals surface area contributed by atoms with Gasteiger partial charge in [0.05, 0.1) is 12.6 Å². The summed E-state index contributed by atoms with van der Waals surface area (Å²) in [6.45, 7) is 6.21. The van der Waals surface area contributed by atoms with E-state index in [1.165, 1.54) is 0 Å². The second kappa shape index (κ2) is 4.75. The van der Waals surface area contributed by atoms with E-state index in [-0.39, 0.29) is 11.9 Å². The van der Waals surface area contributed by atoms with Gasteiger partial charge in [-0.05, 0) is 12.8 Å². The third-order valence-electron chi connectivity index (χ3n) is 2.85. The van der Waals surface area contributed by atoms with E-state index < -0.39 is 0 Å². The zero-order valence-electron chi connectivity index (χ0n) is 9.19. The number of carbonyl (C=O) groups is 1. The molecule has 2 N–H and O–H groups in total. The molecule has 0 aromatic carbocycles. The number of hydrogen-bond acceptors (Lipinski definition) is 3. The number of rotatable bonds is 3. The molecule has 0 saturated carbocycles. The van der Waals surface area contributed by atoms with Gasteiger partial charge in [0.1, 0.15) is 0 Å². The number of likely N-dealkylation sites (tertiary alicyclic amines) is 1. The Morgan fingerprint density at radius 3 is 2.79 bits per heavy atom. The standard InChI is InChI=1S/C10H20N2O2/c1-7-4-12(10(13)8(2)11)5-9(7)6-14-3/h7-9H,4-6,11H2,1-3H3. The number of nitrogens with two attached hydrogens (primary N) is 1. The van der Waals surface area contributed by atoms with Crippen LogP contribution in [0.25, 0.3) is 0 Å². The molecule has 0 aromatic heterocycles. The van der Waals surface area contributed by atoms with Crippen LogP contribution in [0.4, 0.5) is 0 Å². The Kier molecular flexibility index (Phi) is 3.89. The van der Waals surface area contributed by atoms with Crippen molar-refractivity contribution in [3.05, 3.63) is 0 Å². The summed E-state index contributed by atoms with van der Waals surface area (Å²) in [5.41, 5.74) is 5.56. The molecule has 1 rings (SSSR count). The fraction of sp³-hybridized carbons (Fsp3) is 0.900. The molecule has 1 aliphatic heterocycles. The lowest BCUT2D eigenvalue weighted by atomic mass is 10.00. The first-order chi connectivity index (χ1) is 6.56. The Hall–Kier alpha value is -0.610. The molecule has 0 aromatic rings. The second-order valence-electron chi connectivity index (χ2n) is 4.22. The predicted molar refractivity (Wildman–Crippen MR) is 54.8 cm³/mol. The van der Waals surface area contributed by atoms with Crippen LogP contribution in [0.15, 0.2) is 0 Å². The molecule has 1 heterocycles. The monoisotopic (exact) mass is 200 g/mol. The molecule has 1 fully saturated rings. The van der Waals surface area contributed by atoms with Gasteiger partial charge >= 0.3 is 0 Å². The lowest BCUT2D eigenvalue weighted by molar-refractivity contribution is -0.131. The fourth-order valence-electron chi connectivity index (χ4n) is 1.93. The Morgan fingerprint density at radius 2 is 2.29 bits per heavy atom. The molecule has 1 aliphatic rings. The normalized spacial score (nSPS) is 29.3. The van der Waals surface area contributed by atoms with Crippen molar-refractivity contribution < 1.29 is 9.53 Å². The van der Waals surface area contributed by atoms with Crippen molar-refractivity contribution in [3.63, 3.8) is 0 Å². The maximum absolute atomic E-state index is 11.6. The van der Waals surface area contributed by atoms with Crippen LogP contribution < -0.4 is 5.73 Å². The topological polar surface area (TPSA) is 55.6 Å². The van der Waals surface area contributed by atoms with Gasteiger partial charge in [-0.25, -0.2) is 0 Å². The summed E-state index contributed by atoms with van der Waals surface area (Å²) in [7, 11) is 1.70. The molecule has 4 nitrogen and oxygen atoms in total. The Bertz CT molecular complexity index is 206. The molecule has 3 atom stereocenters. The first kappa shape index (κ1) is 11.5. The highest BCUT2D eigenvalue weighted by Gasteiger charge is 2.32. The SMILES string of the molecule is COCC1CN(C(=O)C(C)N)CC1C. The maximum Gasteiger partial charge on any atom is 0.239 e. The highest BCUT2D eigenvalue weighted by Crippen LogP contribution is 2.23. The molecule has 3 unspecified atom stereocenters. The smallest absolute Gasteiger partial charge is 0.239 e. The second-order valence-corrected chi connectivity index (χ2v) is 4.22. The van der Waals surface area contributed by atoms with E-state index in [9.17, 15) is 4.79 Å². The van der Waals surface area contributed by atoms with Crippen LogP contribution in [0.2, 0.25) is 0 Å². The number of ether oxygens (including phenoxy) is 1. The first-order valence-electron chi connectivity index (χ1n) is 5.09. The van der Waals surface area contributed by atoms with Crippen molar-refractivity contribution in [2.45, 2.75) is 19.9 Å². The van der Waals surface area contributed by atoms with Crippen LogP contribution in [0, 0.1) is 11.8 Å². The predicted octanol–water partition coefficient (Wildman–Crippen LogP) is 0.0745. The number of carbonyl (C=O) groups excluding carboxylic acids is 1. The molecule has 0 spiro atoms. The van der Waals surface area contributed by atoms with Crippen LogP contribution in [0.3, 0.4) is 0 Å². The highest BCUT2D eigenvalue weighted by atomic mass is 16.5. The van der Waals surface area contributed by atoms with E-state index in [1.807, 2.05) is 4.90 Å². The summed E-state index contributed by atoms with van der Waals surface area (Å²) in [4.78, 5) is 13.4. The van der Waals surface area contributed by atoms with E-state index in [0.29, 0.717) is 11.8 Å². The average molecular weight is 200 g/mol. The lowest BCUT2D eigenvalue weighted by Gasteiger charge is -2.18. The molecule has 0 bridgehead atoms. The van der Waals surface area contributed by atoms with Gasteiger partial charge in [0.25, 0.3) is 0 Å². The minimum Gasteiger partial charge on any atom is -0.384 e. The van der Waals surface area contributed by atoms with E-state index >= 15 is 0 Å². The van der Waals surface area contributed by atoms with Gasteiger partial charge in [0.15, 0.2) is 0 Å². The molecule has 82 valence electrons. The lowest BCUT2D eigenvalue weighted by Crippen LogP contribution is -2.41. The minimum absolute atomic E-state index is 0.0513.